The largest absolute Gasteiger partial charge is 0.375 e. The first kappa shape index (κ1) is 13.0. The fourth-order valence-electron chi connectivity index (χ4n) is 2.76. The van der Waals surface area contributed by atoms with Crippen molar-refractivity contribution in [3.8, 4) is 11.3 Å². The normalized spacial score (nSPS) is 14.8. The number of aromatic nitrogens is 3. The molecule has 1 aromatic carbocycles. The molecule has 106 valence electrons. The molecule has 1 saturated carbocycles. The van der Waals surface area contributed by atoms with Crippen LogP contribution in [0.15, 0.2) is 18.2 Å². The van der Waals surface area contributed by atoms with Crippen LogP contribution in [0.3, 0.4) is 0 Å². The van der Waals surface area contributed by atoms with E-state index in [-0.39, 0.29) is 0 Å². The minimum Gasteiger partial charge on any atom is -0.375 e. The Morgan fingerprint density at radius 1 is 1.29 bits per heavy atom. The molecule has 1 aliphatic rings. The number of para-hydroxylation sites is 1. The first-order valence-corrected chi connectivity index (χ1v) is 8.02. The van der Waals surface area contributed by atoms with Gasteiger partial charge in [-0.05, 0) is 42.9 Å². The Kier molecular flexibility index (Phi) is 2.87. The lowest BCUT2D eigenvalue weighted by Gasteiger charge is -2.11. The monoisotopic (exact) mass is 316 g/mol. The van der Waals surface area contributed by atoms with Crippen molar-refractivity contribution in [3.63, 3.8) is 0 Å². The lowest BCUT2D eigenvalue weighted by molar-refractivity contribution is 0.963. The van der Waals surface area contributed by atoms with E-state index in [2.05, 4.69) is 22.1 Å². The maximum atomic E-state index is 6.24. The second kappa shape index (κ2) is 4.64. The second-order valence-corrected chi connectivity index (χ2v) is 6.78. The Labute approximate surface area is 131 Å². The predicted octanol–water partition coefficient (Wildman–Crippen LogP) is 4.17. The predicted molar refractivity (Wildman–Crippen MR) is 86.8 cm³/mol. The van der Waals surface area contributed by atoms with E-state index in [0.717, 1.165) is 32.6 Å². The molecule has 0 spiro atoms. The molecular formula is C15H13ClN4S. The molecule has 2 N–H and O–H groups in total. The average molecular weight is 317 g/mol. The van der Waals surface area contributed by atoms with Crippen molar-refractivity contribution in [2.24, 2.45) is 0 Å². The van der Waals surface area contributed by atoms with Gasteiger partial charge >= 0.3 is 0 Å². The van der Waals surface area contributed by atoms with Crippen molar-refractivity contribution in [2.75, 3.05) is 5.73 Å². The van der Waals surface area contributed by atoms with E-state index in [1.54, 1.807) is 0 Å². The molecule has 1 aliphatic carbocycles. The van der Waals surface area contributed by atoms with Crippen LogP contribution in [0.1, 0.15) is 29.9 Å². The van der Waals surface area contributed by atoms with Crippen LogP contribution in [-0.2, 0) is 0 Å². The standard InChI is InChI=1S/C15H13ClN4S/c1-7-11(8-5-6-8)14(16)20-19-12(7)9-3-2-4-10-13(9)18-15(17)21-10/h2-4,8H,5-6H2,1H3,(H2,17,18). The van der Waals surface area contributed by atoms with Gasteiger partial charge in [-0.3, -0.25) is 0 Å². The number of nitrogens with two attached hydrogens (primary N) is 1. The van der Waals surface area contributed by atoms with Crippen LogP contribution in [-0.4, -0.2) is 15.2 Å². The van der Waals surface area contributed by atoms with Crippen LogP contribution in [0, 0.1) is 6.92 Å². The Morgan fingerprint density at radius 3 is 2.86 bits per heavy atom. The zero-order valence-electron chi connectivity index (χ0n) is 11.4. The highest BCUT2D eigenvalue weighted by Gasteiger charge is 2.30. The van der Waals surface area contributed by atoms with Crippen molar-refractivity contribution in [2.45, 2.75) is 25.7 Å². The maximum absolute atomic E-state index is 6.24. The minimum absolute atomic E-state index is 0.531. The van der Waals surface area contributed by atoms with Crippen molar-refractivity contribution < 1.29 is 0 Å². The van der Waals surface area contributed by atoms with Crippen LogP contribution in [0.25, 0.3) is 21.5 Å². The van der Waals surface area contributed by atoms with Gasteiger partial charge in [-0.15, -0.1) is 10.2 Å². The number of hydrogen-bond acceptors (Lipinski definition) is 5. The number of fused-ring (bicyclic) bond motifs is 1. The Morgan fingerprint density at radius 2 is 2.10 bits per heavy atom. The fourth-order valence-corrected chi connectivity index (χ4v) is 3.86. The third kappa shape index (κ3) is 2.08. The van der Waals surface area contributed by atoms with Gasteiger partial charge in [0.25, 0.3) is 0 Å². The third-order valence-electron chi connectivity index (χ3n) is 3.90. The van der Waals surface area contributed by atoms with E-state index in [0.29, 0.717) is 16.2 Å². The summed E-state index contributed by atoms with van der Waals surface area (Å²) in [7, 11) is 0. The fraction of sp³-hybridized carbons (Fsp3) is 0.267. The highest BCUT2D eigenvalue weighted by Crippen LogP contribution is 2.46. The van der Waals surface area contributed by atoms with E-state index in [4.69, 9.17) is 17.3 Å². The zero-order chi connectivity index (χ0) is 14.6. The van der Waals surface area contributed by atoms with Gasteiger partial charge in [0.05, 0.1) is 15.9 Å². The second-order valence-electron chi connectivity index (χ2n) is 5.36. The molecule has 0 atom stereocenters. The first-order valence-electron chi connectivity index (χ1n) is 6.83. The molecule has 0 bridgehead atoms. The van der Waals surface area contributed by atoms with E-state index >= 15 is 0 Å². The van der Waals surface area contributed by atoms with Gasteiger partial charge in [-0.2, -0.15) is 0 Å². The van der Waals surface area contributed by atoms with E-state index in [1.807, 2.05) is 18.2 Å². The summed E-state index contributed by atoms with van der Waals surface area (Å²) >= 11 is 7.72. The maximum Gasteiger partial charge on any atom is 0.181 e. The summed E-state index contributed by atoms with van der Waals surface area (Å²) in [6.45, 7) is 2.07. The number of benzene rings is 1. The smallest absolute Gasteiger partial charge is 0.181 e. The number of anilines is 1. The average Bonchev–Trinajstić information content (AvgIpc) is 3.19. The molecule has 0 unspecified atom stereocenters. The molecule has 4 nitrogen and oxygen atoms in total. The Balaban J connectivity index is 1.98. The van der Waals surface area contributed by atoms with Crippen LogP contribution in [0.4, 0.5) is 5.13 Å². The van der Waals surface area contributed by atoms with Crippen LogP contribution < -0.4 is 5.73 Å². The van der Waals surface area contributed by atoms with Crippen LogP contribution in [0.5, 0.6) is 0 Å². The van der Waals surface area contributed by atoms with Gasteiger partial charge in [0, 0.05) is 5.56 Å². The highest BCUT2D eigenvalue weighted by molar-refractivity contribution is 7.22. The third-order valence-corrected chi connectivity index (χ3v) is 5.02. The number of nitrogens with zero attached hydrogens (tertiary/aromatic N) is 3. The van der Waals surface area contributed by atoms with E-state index in [1.165, 1.54) is 24.2 Å². The van der Waals surface area contributed by atoms with Gasteiger partial charge in [0.15, 0.2) is 10.3 Å². The molecule has 2 aromatic heterocycles. The summed E-state index contributed by atoms with van der Waals surface area (Å²) in [5.74, 6) is 0.534. The van der Waals surface area contributed by atoms with Gasteiger partial charge in [0.2, 0.25) is 0 Å². The molecule has 1 fully saturated rings. The molecule has 0 aliphatic heterocycles. The summed E-state index contributed by atoms with van der Waals surface area (Å²) in [4.78, 5) is 4.44. The first-order chi connectivity index (χ1) is 10.1. The molecule has 4 rings (SSSR count). The van der Waals surface area contributed by atoms with Crippen molar-refractivity contribution in [1.82, 2.24) is 15.2 Å². The van der Waals surface area contributed by atoms with E-state index < -0.39 is 0 Å². The number of nitrogen functional groups attached to an aromatic ring is 1. The lowest BCUT2D eigenvalue weighted by atomic mass is 10.0. The zero-order valence-corrected chi connectivity index (χ0v) is 13.0. The highest BCUT2D eigenvalue weighted by atomic mass is 35.5. The molecule has 2 heterocycles. The molecule has 0 amide bonds. The molecule has 0 saturated heterocycles. The molecule has 6 heteroatoms. The summed E-state index contributed by atoms with van der Waals surface area (Å²) in [6.07, 6.45) is 2.36. The van der Waals surface area contributed by atoms with E-state index in [9.17, 15) is 0 Å². The van der Waals surface area contributed by atoms with Gasteiger partial charge in [0.1, 0.15) is 0 Å². The quantitative estimate of drug-likeness (QED) is 0.770. The number of halogens is 1. The van der Waals surface area contributed by atoms with Crippen molar-refractivity contribution in [1.29, 1.82) is 0 Å². The Bertz CT molecular complexity index is 854. The van der Waals surface area contributed by atoms with Crippen LogP contribution in [0.2, 0.25) is 5.15 Å². The summed E-state index contributed by atoms with van der Waals surface area (Å²) < 4.78 is 1.06. The summed E-state index contributed by atoms with van der Waals surface area (Å²) in [6, 6.07) is 6.04. The SMILES string of the molecule is Cc1c(-c2cccc3sc(N)nc23)nnc(Cl)c1C1CC1. The molecule has 21 heavy (non-hydrogen) atoms. The van der Waals surface area contributed by atoms with Crippen molar-refractivity contribution in [3.05, 3.63) is 34.5 Å². The Hall–Kier alpha value is -1.72. The number of hydrogen-bond donors (Lipinski definition) is 1. The topological polar surface area (TPSA) is 64.7 Å². The molecule has 3 aromatic rings. The number of rotatable bonds is 2. The van der Waals surface area contributed by atoms with Crippen LogP contribution >= 0.6 is 22.9 Å². The lowest BCUT2D eigenvalue weighted by Crippen LogP contribution is -1.99. The van der Waals surface area contributed by atoms with Gasteiger partial charge in [-0.25, -0.2) is 4.98 Å². The molecular weight excluding hydrogens is 304 g/mol. The number of thiazole rings is 1. The summed E-state index contributed by atoms with van der Waals surface area (Å²) in [5.41, 5.74) is 10.8. The summed E-state index contributed by atoms with van der Waals surface area (Å²) in [5, 5.41) is 9.57. The van der Waals surface area contributed by atoms with Gasteiger partial charge < -0.3 is 5.73 Å². The molecule has 0 radical (unpaired) electrons. The van der Waals surface area contributed by atoms with Gasteiger partial charge in [-0.1, -0.05) is 35.1 Å². The van der Waals surface area contributed by atoms with Crippen molar-refractivity contribution >= 4 is 38.3 Å². The minimum atomic E-state index is 0.531.